The molecule has 1 heterocycles. The number of hydrogen-bond donors (Lipinski definition) is 0. The normalized spacial score (nSPS) is 11.7. The number of allylic oxidation sites excluding steroid dienone is 1. The van der Waals surface area contributed by atoms with Crippen LogP contribution in [0.1, 0.15) is 21.5 Å². The highest BCUT2D eigenvalue weighted by atomic mass is 32.1. The quantitative estimate of drug-likeness (QED) is 0.659. The summed E-state index contributed by atoms with van der Waals surface area (Å²) in [6, 6.07) is 11.5. The Balaban J connectivity index is 2.13. The van der Waals surface area contributed by atoms with E-state index in [1.165, 1.54) is 11.3 Å². The molecule has 1 aromatic heterocycles. The molecular weight excluding hydrogens is 332 g/mol. The van der Waals surface area contributed by atoms with E-state index in [1.807, 2.05) is 54.8 Å². The maximum atomic E-state index is 12.6. The minimum Gasteiger partial charge on any atom is -0.497 e. The van der Waals surface area contributed by atoms with Crippen LogP contribution in [0, 0.1) is 13.8 Å². The molecule has 0 aliphatic heterocycles. The lowest BCUT2D eigenvalue weighted by Crippen LogP contribution is -2.16. The molecule has 0 saturated carbocycles. The first kappa shape index (κ1) is 17.2. The smallest absolute Gasteiger partial charge is 0.279 e. The van der Waals surface area contributed by atoms with Gasteiger partial charge in [0.25, 0.3) is 5.91 Å². The number of aromatic nitrogens is 1. The van der Waals surface area contributed by atoms with E-state index in [0.29, 0.717) is 16.9 Å². The number of benzene rings is 2. The van der Waals surface area contributed by atoms with Gasteiger partial charge in [0.2, 0.25) is 0 Å². The number of hydrogen-bond acceptors (Lipinski definition) is 3. The molecular formula is C20H20N2O2S. The lowest BCUT2D eigenvalue weighted by molar-refractivity contribution is 0.0998. The number of thiazole rings is 1. The topological polar surface area (TPSA) is 43.6 Å². The fourth-order valence-electron chi connectivity index (χ4n) is 2.60. The van der Waals surface area contributed by atoms with Gasteiger partial charge in [0.1, 0.15) is 5.75 Å². The van der Waals surface area contributed by atoms with E-state index in [4.69, 9.17) is 4.74 Å². The highest BCUT2D eigenvalue weighted by molar-refractivity contribution is 7.16. The molecule has 3 aromatic rings. The zero-order chi connectivity index (χ0) is 18.0. The SMILES string of the molecule is C=CCn1c(=NC(=O)c2ccc(C)c(C)c2)sc2cc(OC)ccc21. The van der Waals surface area contributed by atoms with Gasteiger partial charge in [-0.2, -0.15) is 4.99 Å². The van der Waals surface area contributed by atoms with Gasteiger partial charge in [-0.25, -0.2) is 0 Å². The molecule has 1 amide bonds. The van der Waals surface area contributed by atoms with Crippen LogP contribution in [0.15, 0.2) is 54.0 Å². The monoisotopic (exact) mass is 352 g/mol. The maximum absolute atomic E-state index is 12.6. The first-order chi connectivity index (χ1) is 12.0. The van der Waals surface area contributed by atoms with Crippen molar-refractivity contribution < 1.29 is 9.53 Å². The van der Waals surface area contributed by atoms with Gasteiger partial charge >= 0.3 is 0 Å². The van der Waals surface area contributed by atoms with Crippen LogP contribution in [0.4, 0.5) is 0 Å². The van der Waals surface area contributed by atoms with Crippen LogP contribution < -0.4 is 9.54 Å². The fraction of sp³-hybridized carbons (Fsp3) is 0.200. The van der Waals surface area contributed by atoms with Gasteiger partial charge in [0.05, 0.1) is 17.3 Å². The molecule has 0 bridgehead atoms. The van der Waals surface area contributed by atoms with Gasteiger partial charge in [0, 0.05) is 12.1 Å². The summed E-state index contributed by atoms with van der Waals surface area (Å²) in [5.41, 5.74) is 3.86. The van der Waals surface area contributed by atoms with E-state index in [-0.39, 0.29) is 5.91 Å². The van der Waals surface area contributed by atoms with Gasteiger partial charge in [-0.15, -0.1) is 6.58 Å². The molecule has 128 valence electrons. The minimum absolute atomic E-state index is 0.237. The van der Waals surface area contributed by atoms with Crippen molar-refractivity contribution >= 4 is 27.5 Å². The van der Waals surface area contributed by atoms with E-state index >= 15 is 0 Å². The number of aryl methyl sites for hydroxylation is 2. The Morgan fingerprint density at radius 2 is 2.04 bits per heavy atom. The number of rotatable bonds is 4. The summed E-state index contributed by atoms with van der Waals surface area (Å²) in [5, 5.41) is 0. The maximum Gasteiger partial charge on any atom is 0.279 e. The first-order valence-electron chi connectivity index (χ1n) is 7.98. The Morgan fingerprint density at radius 1 is 1.24 bits per heavy atom. The van der Waals surface area contributed by atoms with Crippen molar-refractivity contribution in [2.24, 2.45) is 4.99 Å². The van der Waals surface area contributed by atoms with Crippen LogP contribution in [0.25, 0.3) is 10.2 Å². The molecule has 0 radical (unpaired) electrons. The third kappa shape index (κ3) is 3.42. The number of fused-ring (bicyclic) bond motifs is 1. The van der Waals surface area contributed by atoms with Crippen LogP contribution in [-0.4, -0.2) is 17.6 Å². The molecule has 0 saturated heterocycles. The van der Waals surface area contributed by atoms with E-state index in [0.717, 1.165) is 27.1 Å². The number of nitrogens with zero attached hydrogens (tertiary/aromatic N) is 2. The number of ether oxygens (including phenoxy) is 1. The lowest BCUT2D eigenvalue weighted by atomic mass is 10.1. The number of amides is 1. The van der Waals surface area contributed by atoms with Crippen molar-refractivity contribution in [3.8, 4) is 5.75 Å². The second kappa shape index (κ2) is 7.07. The highest BCUT2D eigenvalue weighted by Crippen LogP contribution is 2.23. The molecule has 0 aliphatic rings. The van der Waals surface area contributed by atoms with E-state index < -0.39 is 0 Å². The summed E-state index contributed by atoms with van der Waals surface area (Å²) in [7, 11) is 1.64. The van der Waals surface area contributed by atoms with Crippen LogP contribution in [0.3, 0.4) is 0 Å². The van der Waals surface area contributed by atoms with Crippen molar-refractivity contribution in [2.75, 3.05) is 7.11 Å². The summed E-state index contributed by atoms with van der Waals surface area (Å²) >= 11 is 1.47. The average Bonchev–Trinajstić information content (AvgIpc) is 2.94. The van der Waals surface area contributed by atoms with Crippen molar-refractivity contribution in [2.45, 2.75) is 20.4 Å². The Morgan fingerprint density at radius 3 is 2.72 bits per heavy atom. The molecule has 3 rings (SSSR count). The van der Waals surface area contributed by atoms with Crippen molar-refractivity contribution in [1.82, 2.24) is 4.57 Å². The summed E-state index contributed by atoms with van der Waals surface area (Å²) in [6.45, 7) is 8.42. The predicted molar refractivity (Wildman–Crippen MR) is 102 cm³/mol. The first-order valence-corrected chi connectivity index (χ1v) is 8.79. The van der Waals surface area contributed by atoms with Gasteiger partial charge in [0.15, 0.2) is 4.80 Å². The molecule has 0 spiro atoms. The Bertz CT molecular complexity index is 1030. The van der Waals surface area contributed by atoms with Gasteiger partial charge < -0.3 is 9.30 Å². The molecule has 5 heteroatoms. The molecule has 4 nitrogen and oxygen atoms in total. The largest absolute Gasteiger partial charge is 0.497 e. The molecule has 2 aromatic carbocycles. The van der Waals surface area contributed by atoms with Crippen LogP contribution in [-0.2, 0) is 6.54 Å². The molecule has 25 heavy (non-hydrogen) atoms. The Labute approximate surface area is 150 Å². The zero-order valence-corrected chi connectivity index (χ0v) is 15.4. The van der Waals surface area contributed by atoms with Gasteiger partial charge in [-0.3, -0.25) is 4.79 Å². The second-order valence-corrected chi connectivity index (χ2v) is 6.84. The van der Waals surface area contributed by atoms with Crippen molar-refractivity contribution in [1.29, 1.82) is 0 Å². The number of carbonyl (C=O) groups excluding carboxylic acids is 1. The molecule has 0 atom stereocenters. The second-order valence-electron chi connectivity index (χ2n) is 5.83. The fourth-order valence-corrected chi connectivity index (χ4v) is 3.66. The summed E-state index contributed by atoms with van der Waals surface area (Å²) in [5.74, 6) is 0.547. The third-order valence-electron chi connectivity index (χ3n) is 4.15. The standard InChI is InChI=1S/C20H20N2O2S/c1-5-10-22-17-9-8-16(24-4)12-18(17)25-20(22)21-19(23)15-7-6-13(2)14(3)11-15/h5-9,11-12H,1,10H2,2-4H3. The Kier molecular flexibility index (Phi) is 4.86. The number of methoxy groups -OCH3 is 1. The molecule has 0 unspecified atom stereocenters. The van der Waals surface area contributed by atoms with Crippen LogP contribution in [0.5, 0.6) is 5.75 Å². The van der Waals surface area contributed by atoms with Gasteiger partial charge in [-0.05, 0) is 55.3 Å². The summed E-state index contributed by atoms with van der Waals surface area (Å²) < 4.78 is 8.30. The summed E-state index contributed by atoms with van der Waals surface area (Å²) in [6.07, 6.45) is 1.80. The highest BCUT2D eigenvalue weighted by Gasteiger charge is 2.10. The predicted octanol–water partition coefficient (Wildman–Crippen LogP) is 4.26. The zero-order valence-electron chi connectivity index (χ0n) is 14.6. The van der Waals surface area contributed by atoms with E-state index in [2.05, 4.69) is 11.6 Å². The molecule has 0 N–H and O–H groups in total. The Hall–Kier alpha value is -2.66. The van der Waals surface area contributed by atoms with Crippen LogP contribution in [0.2, 0.25) is 0 Å². The molecule has 0 aliphatic carbocycles. The summed E-state index contributed by atoms with van der Waals surface area (Å²) in [4.78, 5) is 17.6. The average molecular weight is 352 g/mol. The molecule has 0 fully saturated rings. The third-order valence-corrected chi connectivity index (χ3v) is 5.19. The lowest BCUT2D eigenvalue weighted by Gasteiger charge is -2.03. The van der Waals surface area contributed by atoms with Crippen molar-refractivity contribution in [3.63, 3.8) is 0 Å². The van der Waals surface area contributed by atoms with E-state index in [9.17, 15) is 4.79 Å². The van der Waals surface area contributed by atoms with E-state index in [1.54, 1.807) is 13.2 Å². The van der Waals surface area contributed by atoms with Crippen molar-refractivity contribution in [3.05, 3.63) is 70.5 Å². The van der Waals surface area contributed by atoms with Crippen LogP contribution >= 0.6 is 11.3 Å². The van der Waals surface area contributed by atoms with Gasteiger partial charge in [-0.1, -0.05) is 23.5 Å². The minimum atomic E-state index is -0.237. The number of carbonyl (C=O) groups is 1.